The van der Waals surface area contributed by atoms with E-state index in [0.29, 0.717) is 17.5 Å². The van der Waals surface area contributed by atoms with E-state index in [0.717, 1.165) is 24.4 Å². The van der Waals surface area contributed by atoms with Gasteiger partial charge in [-0.2, -0.15) is 0 Å². The first-order valence-electron chi connectivity index (χ1n) is 8.40. The molecule has 4 aliphatic carbocycles. The van der Waals surface area contributed by atoms with Crippen LogP contribution in [0.5, 0.6) is 0 Å². The molecule has 110 valence electrons. The Morgan fingerprint density at radius 2 is 1.63 bits per heavy atom. The number of nitrogens with one attached hydrogen (secondary N) is 1. The van der Waals surface area contributed by atoms with Crippen LogP contribution in [-0.4, -0.2) is 25.8 Å². The predicted octanol–water partition coefficient (Wildman–Crippen LogP) is 3.61. The van der Waals surface area contributed by atoms with Gasteiger partial charge < -0.3 is 10.1 Å². The molecule has 2 atom stereocenters. The van der Waals surface area contributed by atoms with Crippen molar-refractivity contribution in [1.29, 1.82) is 0 Å². The molecule has 0 aromatic carbocycles. The molecular formula is C17H31NO. The van der Waals surface area contributed by atoms with E-state index in [1.165, 1.54) is 25.7 Å². The molecule has 0 aliphatic heterocycles. The molecule has 2 heteroatoms. The monoisotopic (exact) mass is 265 g/mol. The highest BCUT2D eigenvalue weighted by molar-refractivity contribution is 5.05. The van der Waals surface area contributed by atoms with Crippen molar-refractivity contribution in [3.8, 4) is 0 Å². The first-order valence-corrected chi connectivity index (χ1v) is 8.40. The Morgan fingerprint density at radius 3 is 2.05 bits per heavy atom. The minimum atomic E-state index is 0.535. The summed E-state index contributed by atoms with van der Waals surface area (Å²) in [5.74, 6) is 3.16. The summed E-state index contributed by atoms with van der Waals surface area (Å²) in [6.45, 7) is 5.57. The second kappa shape index (κ2) is 5.37. The molecule has 0 aromatic heterocycles. The van der Waals surface area contributed by atoms with E-state index in [-0.39, 0.29) is 0 Å². The summed E-state index contributed by atoms with van der Waals surface area (Å²) in [6, 6.07) is 1.20. The van der Waals surface area contributed by atoms with Gasteiger partial charge in [0.1, 0.15) is 0 Å². The van der Waals surface area contributed by atoms with Crippen LogP contribution < -0.4 is 5.32 Å². The van der Waals surface area contributed by atoms with Crippen molar-refractivity contribution in [1.82, 2.24) is 5.32 Å². The summed E-state index contributed by atoms with van der Waals surface area (Å²) in [6.07, 6.45) is 10.3. The molecule has 0 saturated heterocycles. The second-order valence-electron chi connectivity index (χ2n) is 7.73. The summed E-state index contributed by atoms with van der Waals surface area (Å²) in [4.78, 5) is 0. The lowest BCUT2D eigenvalue weighted by molar-refractivity contribution is -0.0733. The molecule has 0 radical (unpaired) electrons. The quantitative estimate of drug-likeness (QED) is 0.792. The Bertz CT molecular complexity index is 279. The van der Waals surface area contributed by atoms with Crippen molar-refractivity contribution in [2.45, 2.75) is 70.9 Å². The molecule has 4 aliphatic rings. The number of rotatable bonds is 6. The van der Waals surface area contributed by atoms with Crippen molar-refractivity contribution in [2.24, 2.45) is 23.2 Å². The lowest BCUT2D eigenvalue weighted by Gasteiger charge is -2.59. The highest BCUT2D eigenvalue weighted by Crippen LogP contribution is 2.61. The number of hydrogen-bond acceptors (Lipinski definition) is 2. The van der Waals surface area contributed by atoms with Crippen LogP contribution in [0.25, 0.3) is 0 Å². The van der Waals surface area contributed by atoms with E-state index in [2.05, 4.69) is 19.2 Å². The molecule has 19 heavy (non-hydrogen) atoms. The molecule has 0 heterocycles. The van der Waals surface area contributed by atoms with Crippen LogP contribution in [0.3, 0.4) is 0 Å². The van der Waals surface area contributed by atoms with E-state index in [4.69, 9.17) is 4.74 Å². The van der Waals surface area contributed by atoms with Gasteiger partial charge in [0.05, 0.1) is 6.61 Å². The number of methoxy groups -OCH3 is 1. The second-order valence-corrected chi connectivity index (χ2v) is 7.73. The molecule has 4 rings (SSSR count). The lowest BCUT2D eigenvalue weighted by atomic mass is 9.48. The number of ether oxygens (including phenoxy) is 1. The highest BCUT2D eigenvalue weighted by atomic mass is 16.5. The van der Waals surface area contributed by atoms with Gasteiger partial charge in [-0.05, 0) is 75.0 Å². The van der Waals surface area contributed by atoms with Crippen molar-refractivity contribution >= 4 is 0 Å². The molecule has 2 nitrogen and oxygen atoms in total. The fourth-order valence-electron chi connectivity index (χ4n) is 5.72. The summed E-state index contributed by atoms with van der Waals surface area (Å²) in [5, 5.41) is 3.90. The molecule has 1 N–H and O–H groups in total. The highest BCUT2D eigenvalue weighted by Gasteiger charge is 2.53. The van der Waals surface area contributed by atoms with Gasteiger partial charge in [0, 0.05) is 19.2 Å². The van der Waals surface area contributed by atoms with Crippen molar-refractivity contribution in [2.75, 3.05) is 13.7 Å². The predicted molar refractivity (Wildman–Crippen MR) is 79.2 cm³/mol. The topological polar surface area (TPSA) is 21.3 Å². The van der Waals surface area contributed by atoms with Gasteiger partial charge in [-0.15, -0.1) is 0 Å². The van der Waals surface area contributed by atoms with E-state index in [9.17, 15) is 0 Å². The molecule has 0 amide bonds. The fraction of sp³-hybridized carbons (Fsp3) is 1.00. The average Bonchev–Trinajstić information content (AvgIpc) is 2.36. The van der Waals surface area contributed by atoms with Gasteiger partial charge in [-0.25, -0.2) is 0 Å². The van der Waals surface area contributed by atoms with Crippen molar-refractivity contribution in [3.05, 3.63) is 0 Å². The molecule has 4 bridgehead atoms. The lowest BCUT2D eigenvalue weighted by Crippen LogP contribution is -2.57. The zero-order valence-electron chi connectivity index (χ0n) is 13.0. The maximum Gasteiger partial charge on any atom is 0.0615 e. The largest absolute Gasteiger partial charge is 0.383 e. The maximum absolute atomic E-state index is 5.35. The van der Waals surface area contributed by atoms with Gasteiger partial charge in [0.2, 0.25) is 0 Å². The van der Waals surface area contributed by atoms with Crippen LogP contribution in [-0.2, 0) is 4.74 Å². The van der Waals surface area contributed by atoms with Gasteiger partial charge in [0.15, 0.2) is 0 Å². The van der Waals surface area contributed by atoms with E-state index in [1.807, 2.05) is 7.11 Å². The standard InChI is InChI=1S/C17H31NO/c1-4-16(11-19-3)18-12(2)17-8-13-5-14(9-17)7-15(6-13)10-17/h12-16,18H,4-11H2,1-3H3. The van der Waals surface area contributed by atoms with Crippen LogP contribution >= 0.6 is 0 Å². The Balaban J connectivity index is 1.67. The smallest absolute Gasteiger partial charge is 0.0615 e. The van der Waals surface area contributed by atoms with Crippen LogP contribution in [0.2, 0.25) is 0 Å². The minimum absolute atomic E-state index is 0.535. The van der Waals surface area contributed by atoms with Gasteiger partial charge in [-0.3, -0.25) is 0 Å². The van der Waals surface area contributed by atoms with E-state index >= 15 is 0 Å². The molecule has 0 spiro atoms. The number of hydrogen-bond donors (Lipinski definition) is 1. The average molecular weight is 265 g/mol. The van der Waals surface area contributed by atoms with Crippen LogP contribution in [0, 0.1) is 23.2 Å². The van der Waals surface area contributed by atoms with Gasteiger partial charge >= 0.3 is 0 Å². The zero-order chi connectivity index (χ0) is 13.5. The van der Waals surface area contributed by atoms with Crippen LogP contribution in [0.1, 0.15) is 58.8 Å². The zero-order valence-corrected chi connectivity index (χ0v) is 13.0. The third kappa shape index (κ3) is 2.58. The Morgan fingerprint density at radius 1 is 1.11 bits per heavy atom. The SMILES string of the molecule is CCC(COC)NC(C)C12CC3CC(CC(C3)C1)C2. The minimum Gasteiger partial charge on any atom is -0.383 e. The summed E-state index contributed by atoms with van der Waals surface area (Å²) >= 11 is 0. The third-order valence-electron chi connectivity index (χ3n) is 6.35. The van der Waals surface area contributed by atoms with Gasteiger partial charge in [-0.1, -0.05) is 6.92 Å². The fourth-order valence-corrected chi connectivity index (χ4v) is 5.72. The summed E-state index contributed by atoms with van der Waals surface area (Å²) in [7, 11) is 1.82. The summed E-state index contributed by atoms with van der Waals surface area (Å²) in [5.41, 5.74) is 0.621. The molecule has 0 aromatic rings. The van der Waals surface area contributed by atoms with Crippen molar-refractivity contribution in [3.63, 3.8) is 0 Å². The van der Waals surface area contributed by atoms with E-state index < -0.39 is 0 Å². The van der Waals surface area contributed by atoms with Crippen LogP contribution in [0.15, 0.2) is 0 Å². The molecular weight excluding hydrogens is 234 g/mol. The Labute approximate surface area is 118 Å². The third-order valence-corrected chi connectivity index (χ3v) is 6.35. The van der Waals surface area contributed by atoms with E-state index in [1.54, 1.807) is 19.3 Å². The Hall–Kier alpha value is -0.0800. The summed E-state index contributed by atoms with van der Waals surface area (Å²) < 4.78 is 5.35. The molecule has 2 unspecified atom stereocenters. The van der Waals surface area contributed by atoms with Crippen molar-refractivity contribution < 1.29 is 4.74 Å². The molecule has 4 fully saturated rings. The van der Waals surface area contributed by atoms with Gasteiger partial charge in [0.25, 0.3) is 0 Å². The first kappa shape index (κ1) is 13.9. The normalized spacial score (nSPS) is 43.4. The van der Waals surface area contributed by atoms with Crippen LogP contribution in [0.4, 0.5) is 0 Å². The molecule has 4 saturated carbocycles. The maximum atomic E-state index is 5.35. The Kier molecular flexibility index (Phi) is 3.92. The first-order chi connectivity index (χ1) is 9.15.